The lowest BCUT2D eigenvalue weighted by atomic mass is 10.2. The van der Waals surface area contributed by atoms with Gasteiger partial charge in [-0.3, -0.25) is 0 Å². The quantitative estimate of drug-likeness (QED) is 0.347. The number of ether oxygens (including phenoxy) is 1. The van der Waals surface area contributed by atoms with Crippen LogP contribution in [0.25, 0.3) is 6.08 Å². The molecule has 0 aliphatic carbocycles. The molecule has 4 heteroatoms. The molecule has 0 aliphatic heterocycles. The van der Waals surface area contributed by atoms with Gasteiger partial charge < -0.3 is 4.74 Å². The third-order valence-electron chi connectivity index (χ3n) is 1.74. The highest BCUT2D eigenvalue weighted by Crippen LogP contribution is 2.14. The lowest BCUT2D eigenvalue weighted by molar-refractivity contribution is -0.137. The maximum atomic E-state index is 11.1. The van der Waals surface area contributed by atoms with Gasteiger partial charge in [-0.05, 0) is 42.9 Å². The molecule has 0 aliphatic rings. The van der Waals surface area contributed by atoms with Gasteiger partial charge in [0.25, 0.3) is 0 Å². The monoisotopic (exact) mass is 233 g/mol. The lowest BCUT2D eigenvalue weighted by Crippen LogP contribution is -1.98. The largest absolute Gasteiger partial charge is 0.463 e. The highest BCUT2D eigenvalue weighted by Gasteiger charge is 1.94. The molecule has 0 heterocycles. The summed E-state index contributed by atoms with van der Waals surface area (Å²) < 4.78 is 4.76. The summed E-state index contributed by atoms with van der Waals surface area (Å²) in [6.45, 7) is 2.14. The van der Waals surface area contributed by atoms with Crippen LogP contribution < -0.4 is 0 Å². The van der Waals surface area contributed by atoms with Gasteiger partial charge in [-0.1, -0.05) is 12.1 Å². The number of carbonyl (C=O) groups is 1. The first-order valence-electron chi connectivity index (χ1n) is 4.79. The van der Waals surface area contributed by atoms with Crippen molar-refractivity contribution in [3.63, 3.8) is 0 Å². The van der Waals surface area contributed by atoms with Crippen LogP contribution in [-0.2, 0) is 9.53 Å². The number of thiocarbonyl (C=S) groups is 1. The van der Waals surface area contributed by atoms with E-state index in [1.807, 2.05) is 12.1 Å². The summed E-state index contributed by atoms with van der Waals surface area (Å²) in [6, 6.07) is 7.30. The van der Waals surface area contributed by atoms with Crippen molar-refractivity contribution < 1.29 is 9.53 Å². The van der Waals surface area contributed by atoms with Gasteiger partial charge in [-0.15, -0.1) is 0 Å². The van der Waals surface area contributed by atoms with Crippen molar-refractivity contribution in [3.8, 4) is 0 Å². The van der Waals surface area contributed by atoms with Crippen LogP contribution in [0.5, 0.6) is 0 Å². The standard InChI is InChI=1S/C12H11NO2S/c1-2-15-12(14)7-6-10-4-3-5-11(8-10)13-9-16/h3-8H,2H2,1H3. The molecular formula is C12H11NO2S. The highest BCUT2D eigenvalue weighted by atomic mass is 32.1. The zero-order valence-electron chi connectivity index (χ0n) is 8.84. The molecule has 1 aromatic rings. The van der Waals surface area contributed by atoms with Crippen molar-refractivity contribution in [2.24, 2.45) is 4.99 Å². The Balaban J connectivity index is 2.77. The van der Waals surface area contributed by atoms with Crippen LogP contribution >= 0.6 is 12.2 Å². The SMILES string of the molecule is CCOC(=O)C=Cc1cccc(N=C=S)c1. The van der Waals surface area contributed by atoms with Crippen LogP contribution in [-0.4, -0.2) is 17.7 Å². The lowest BCUT2D eigenvalue weighted by Gasteiger charge is -1.96. The number of rotatable bonds is 4. The second kappa shape index (κ2) is 6.67. The van der Waals surface area contributed by atoms with E-state index in [4.69, 9.17) is 4.74 Å². The van der Waals surface area contributed by atoms with Gasteiger partial charge in [-0.2, -0.15) is 4.99 Å². The van der Waals surface area contributed by atoms with Crippen molar-refractivity contribution in [1.29, 1.82) is 0 Å². The number of hydrogen-bond donors (Lipinski definition) is 0. The molecule has 0 unspecified atom stereocenters. The van der Waals surface area contributed by atoms with Crippen molar-refractivity contribution >= 4 is 35.1 Å². The summed E-state index contributed by atoms with van der Waals surface area (Å²) in [5, 5.41) is 2.29. The summed E-state index contributed by atoms with van der Waals surface area (Å²) >= 11 is 4.51. The average molecular weight is 233 g/mol. The summed E-state index contributed by atoms with van der Waals surface area (Å²) in [5.74, 6) is -0.355. The Morgan fingerprint density at radius 1 is 1.62 bits per heavy atom. The van der Waals surface area contributed by atoms with Gasteiger partial charge in [0.1, 0.15) is 0 Å². The number of isothiocyanates is 1. The highest BCUT2D eigenvalue weighted by molar-refractivity contribution is 7.78. The molecule has 0 atom stereocenters. The predicted octanol–water partition coefficient (Wildman–Crippen LogP) is 3.00. The Hall–Kier alpha value is -1.77. The van der Waals surface area contributed by atoms with E-state index in [1.165, 1.54) is 6.08 Å². The molecule has 1 rings (SSSR count). The van der Waals surface area contributed by atoms with Crippen LogP contribution in [0.15, 0.2) is 35.3 Å². The molecule has 0 aromatic heterocycles. The minimum atomic E-state index is -0.355. The third-order valence-corrected chi connectivity index (χ3v) is 1.83. The predicted molar refractivity (Wildman–Crippen MR) is 66.8 cm³/mol. The molecule has 16 heavy (non-hydrogen) atoms. The second-order valence-corrected chi connectivity index (χ2v) is 3.07. The fourth-order valence-electron chi connectivity index (χ4n) is 1.11. The van der Waals surface area contributed by atoms with Gasteiger partial charge in [0.15, 0.2) is 0 Å². The van der Waals surface area contributed by atoms with E-state index in [9.17, 15) is 4.79 Å². The molecule has 0 saturated carbocycles. The van der Waals surface area contributed by atoms with Gasteiger partial charge >= 0.3 is 5.97 Å². The number of benzene rings is 1. The van der Waals surface area contributed by atoms with Crippen molar-refractivity contribution in [3.05, 3.63) is 35.9 Å². The summed E-state index contributed by atoms with van der Waals surface area (Å²) in [4.78, 5) is 14.9. The van der Waals surface area contributed by atoms with Crippen LogP contribution in [0.4, 0.5) is 5.69 Å². The van der Waals surface area contributed by atoms with E-state index >= 15 is 0 Å². The Morgan fingerprint density at radius 2 is 2.44 bits per heavy atom. The molecule has 82 valence electrons. The third kappa shape index (κ3) is 4.17. The molecule has 0 radical (unpaired) electrons. The summed E-state index contributed by atoms with van der Waals surface area (Å²) in [7, 11) is 0. The van der Waals surface area contributed by atoms with Gasteiger partial charge in [0.05, 0.1) is 17.5 Å². The fraction of sp³-hybridized carbons (Fsp3) is 0.167. The van der Waals surface area contributed by atoms with Crippen molar-refractivity contribution in [1.82, 2.24) is 0 Å². The number of hydrogen-bond acceptors (Lipinski definition) is 4. The van der Waals surface area contributed by atoms with Crippen molar-refractivity contribution in [2.75, 3.05) is 6.61 Å². The Kier molecular flexibility index (Phi) is 5.12. The van der Waals surface area contributed by atoms with E-state index in [0.717, 1.165) is 5.56 Å². The topological polar surface area (TPSA) is 38.7 Å². The van der Waals surface area contributed by atoms with Crippen LogP contribution in [0.3, 0.4) is 0 Å². The maximum Gasteiger partial charge on any atom is 0.330 e. The molecule has 0 fully saturated rings. The first-order chi connectivity index (χ1) is 7.76. The van der Waals surface area contributed by atoms with Gasteiger partial charge in [-0.25, -0.2) is 4.79 Å². The Labute approximate surface area is 99.5 Å². The van der Waals surface area contributed by atoms with Crippen LogP contribution in [0.1, 0.15) is 12.5 Å². The average Bonchev–Trinajstić information content (AvgIpc) is 2.28. The number of nitrogens with zero attached hydrogens (tertiary/aromatic N) is 1. The number of esters is 1. The molecule has 0 amide bonds. The summed E-state index contributed by atoms with van der Waals surface area (Å²) in [5.41, 5.74) is 1.57. The normalized spacial score (nSPS) is 9.81. The minimum Gasteiger partial charge on any atom is -0.463 e. The minimum absolute atomic E-state index is 0.355. The van der Waals surface area contributed by atoms with Crippen LogP contribution in [0.2, 0.25) is 0 Å². The molecule has 1 aromatic carbocycles. The molecule has 3 nitrogen and oxygen atoms in total. The van der Waals surface area contributed by atoms with E-state index in [-0.39, 0.29) is 5.97 Å². The molecular weight excluding hydrogens is 222 g/mol. The van der Waals surface area contributed by atoms with Crippen LogP contribution in [0, 0.1) is 0 Å². The van der Waals surface area contributed by atoms with Gasteiger partial charge in [0, 0.05) is 6.08 Å². The van der Waals surface area contributed by atoms with E-state index in [2.05, 4.69) is 22.4 Å². The second-order valence-electron chi connectivity index (χ2n) is 2.88. The number of aliphatic imine (C=N–C) groups is 1. The summed E-state index contributed by atoms with van der Waals surface area (Å²) in [6.07, 6.45) is 3.05. The van der Waals surface area contributed by atoms with E-state index in [0.29, 0.717) is 12.3 Å². The Morgan fingerprint density at radius 3 is 3.12 bits per heavy atom. The van der Waals surface area contributed by atoms with Gasteiger partial charge in [0.2, 0.25) is 0 Å². The zero-order chi connectivity index (χ0) is 11.8. The smallest absolute Gasteiger partial charge is 0.330 e. The first kappa shape index (κ1) is 12.3. The molecule has 0 spiro atoms. The number of carbonyl (C=O) groups excluding carboxylic acids is 1. The zero-order valence-corrected chi connectivity index (χ0v) is 9.66. The fourth-order valence-corrected chi connectivity index (χ4v) is 1.21. The first-order valence-corrected chi connectivity index (χ1v) is 5.20. The van der Waals surface area contributed by atoms with E-state index < -0.39 is 0 Å². The molecule has 0 saturated heterocycles. The molecule has 0 N–H and O–H groups in total. The maximum absolute atomic E-state index is 11.1. The van der Waals surface area contributed by atoms with Crippen molar-refractivity contribution in [2.45, 2.75) is 6.92 Å². The Bertz CT molecular complexity index is 448. The molecule has 0 bridgehead atoms. The van der Waals surface area contributed by atoms with E-state index in [1.54, 1.807) is 25.1 Å².